The maximum Gasteiger partial charge on any atom is 0.227 e. The van der Waals surface area contributed by atoms with E-state index >= 15 is 0 Å². The molecule has 0 unspecified atom stereocenters. The number of H-pyrrole nitrogens is 1. The van der Waals surface area contributed by atoms with E-state index in [-0.39, 0.29) is 11.8 Å². The van der Waals surface area contributed by atoms with Crippen LogP contribution in [0.15, 0.2) is 61.0 Å². The molecular formula is C25H29N3O. The molecule has 0 aromatic carbocycles. The molecule has 4 heteroatoms. The molecule has 1 fully saturated rings. The third kappa shape index (κ3) is 4.76. The van der Waals surface area contributed by atoms with Crippen LogP contribution >= 0.6 is 0 Å². The van der Waals surface area contributed by atoms with Crippen molar-refractivity contribution in [2.45, 2.75) is 51.4 Å². The summed E-state index contributed by atoms with van der Waals surface area (Å²) in [6.07, 6.45) is 27.3. The van der Waals surface area contributed by atoms with Crippen LogP contribution in [-0.2, 0) is 4.79 Å². The van der Waals surface area contributed by atoms with E-state index in [0.717, 1.165) is 53.5 Å². The molecule has 2 aliphatic rings. The Labute approximate surface area is 172 Å². The predicted octanol–water partition coefficient (Wildman–Crippen LogP) is 6.32. The summed E-state index contributed by atoms with van der Waals surface area (Å²) in [6.45, 7) is 0. The third-order valence-corrected chi connectivity index (χ3v) is 5.86. The number of aromatic amines is 1. The van der Waals surface area contributed by atoms with Gasteiger partial charge in [0.25, 0.3) is 0 Å². The molecule has 0 saturated heterocycles. The molecule has 0 radical (unpaired) electrons. The van der Waals surface area contributed by atoms with E-state index in [1.807, 2.05) is 42.6 Å². The van der Waals surface area contributed by atoms with Gasteiger partial charge in [-0.3, -0.25) is 4.79 Å². The maximum atomic E-state index is 13.2. The lowest BCUT2D eigenvalue weighted by atomic mass is 9.95. The van der Waals surface area contributed by atoms with Crippen molar-refractivity contribution in [1.29, 1.82) is 0 Å². The van der Waals surface area contributed by atoms with Crippen molar-refractivity contribution in [2.24, 2.45) is 5.92 Å². The van der Waals surface area contributed by atoms with Crippen molar-refractivity contribution >= 4 is 28.2 Å². The van der Waals surface area contributed by atoms with Crippen molar-refractivity contribution in [3.63, 3.8) is 0 Å². The van der Waals surface area contributed by atoms with Crippen LogP contribution in [0.2, 0.25) is 0 Å². The summed E-state index contributed by atoms with van der Waals surface area (Å²) in [4.78, 5) is 20.9. The van der Waals surface area contributed by atoms with Gasteiger partial charge >= 0.3 is 0 Å². The molecule has 1 amide bonds. The molecule has 2 aliphatic carbocycles. The number of allylic oxidation sites excluding steroid dienone is 8. The molecule has 4 nitrogen and oxygen atoms in total. The topological polar surface area (TPSA) is 57.8 Å². The van der Waals surface area contributed by atoms with E-state index in [4.69, 9.17) is 0 Å². The Kier molecular flexibility index (Phi) is 6.40. The first-order valence-electron chi connectivity index (χ1n) is 10.8. The molecule has 4 rings (SSSR count). The summed E-state index contributed by atoms with van der Waals surface area (Å²) in [5.74, 6) is 0.225. The number of nitrogens with one attached hydrogen (secondary N) is 2. The molecule has 2 aromatic rings. The van der Waals surface area contributed by atoms with Gasteiger partial charge in [-0.05, 0) is 24.5 Å². The maximum absolute atomic E-state index is 13.2. The first kappa shape index (κ1) is 19.4. The second kappa shape index (κ2) is 9.55. The van der Waals surface area contributed by atoms with E-state index in [2.05, 4.69) is 27.4 Å². The molecule has 2 N–H and O–H groups in total. The van der Waals surface area contributed by atoms with Crippen LogP contribution in [0.1, 0.15) is 56.9 Å². The number of nitrogens with zero attached hydrogens (tertiary/aromatic N) is 1. The summed E-state index contributed by atoms with van der Waals surface area (Å²) in [5.41, 5.74) is 3.69. The highest BCUT2D eigenvalue weighted by Gasteiger charge is 2.21. The monoisotopic (exact) mass is 387 g/mol. The lowest BCUT2D eigenvalue weighted by Gasteiger charge is -2.18. The molecule has 2 aromatic heterocycles. The van der Waals surface area contributed by atoms with Gasteiger partial charge in [0.2, 0.25) is 5.91 Å². The number of aromatic nitrogens is 2. The Balaban J connectivity index is 1.65. The second-order valence-electron chi connectivity index (χ2n) is 7.92. The van der Waals surface area contributed by atoms with Gasteiger partial charge < -0.3 is 10.3 Å². The number of rotatable bonds is 3. The quantitative estimate of drug-likeness (QED) is 0.647. The molecule has 0 aliphatic heterocycles. The van der Waals surface area contributed by atoms with Crippen LogP contribution in [0.3, 0.4) is 0 Å². The summed E-state index contributed by atoms with van der Waals surface area (Å²) < 4.78 is 0. The van der Waals surface area contributed by atoms with Crippen LogP contribution in [-0.4, -0.2) is 15.9 Å². The van der Waals surface area contributed by atoms with Crippen molar-refractivity contribution in [1.82, 2.24) is 9.97 Å². The lowest BCUT2D eigenvalue weighted by Crippen LogP contribution is -2.23. The van der Waals surface area contributed by atoms with Gasteiger partial charge in [-0.15, -0.1) is 0 Å². The first-order valence-corrected chi connectivity index (χ1v) is 10.8. The second-order valence-corrected chi connectivity index (χ2v) is 7.92. The number of hydrogen-bond donors (Lipinski definition) is 2. The highest BCUT2D eigenvalue weighted by molar-refractivity contribution is 6.03. The Morgan fingerprint density at radius 2 is 1.69 bits per heavy atom. The molecule has 0 spiro atoms. The van der Waals surface area contributed by atoms with Gasteiger partial charge in [-0.1, -0.05) is 81.1 Å². The van der Waals surface area contributed by atoms with Crippen LogP contribution in [0.4, 0.5) is 5.69 Å². The fourth-order valence-electron chi connectivity index (χ4n) is 4.28. The van der Waals surface area contributed by atoms with Crippen LogP contribution in [0.5, 0.6) is 0 Å². The molecule has 0 bridgehead atoms. The van der Waals surface area contributed by atoms with Crippen molar-refractivity contribution in [3.05, 3.63) is 66.6 Å². The number of amides is 1. The molecule has 150 valence electrons. The third-order valence-electron chi connectivity index (χ3n) is 5.86. The van der Waals surface area contributed by atoms with Crippen molar-refractivity contribution in [2.75, 3.05) is 5.32 Å². The molecular weight excluding hydrogens is 358 g/mol. The molecule has 29 heavy (non-hydrogen) atoms. The number of pyridine rings is 1. The molecule has 1 saturated carbocycles. The Bertz CT molecular complexity index is 967. The summed E-state index contributed by atoms with van der Waals surface area (Å²) >= 11 is 0. The van der Waals surface area contributed by atoms with Crippen LogP contribution < -0.4 is 5.32 Å². The van der Waals surface area contributed by atoms with Gasteiger partial charge in [-0.2, -0.15) is 0 Å². The summed E-state index contributed by atoms with van der Waals surface area (Å²) in [5, 5.41) is 4.25. The van der Waals surface area contributed by atoms with Gasteiger partial charge in [0.15, 0.2) is 0 Å². The number of fused-ring (bicyclic) bond motifs is 1. The molecule has 0 atom stereocenters. The van der Waals surface area contributed by atoms with E-state index in [1.54, 1.807) is 6.20 Å². The lowest BCUT2D eigenvalue weighted by molar-refractivity contribution is -0.120. The Hall–Kier alpha value is -2.88. The summed E-state index contributed by atoms with van der Waals surface area (Å²) in [7, 11) is 0. The zero-order valence-corrected chi connectivity index (χ0v) is 16.9. The Morgan fingerprint density at radius 3 is 2.52 bits per heavy atom. The van der Waals surface area contributed by atoms with E-state index in [9.17, 15) is 4.79 Å². The minimum absolute atomic E-state index is 0.0903. The fourth-order valence-corrected chi connectivity index (χ4v) is 4.28. The number of carbonyl (C=O) groups is 1. The van der Waals surface area contributed by atoms with E-state index in [1.165, 1.54) is 25.7 Å². The highest BCUT2D eigenvalue weighted by atomic mass is 16.1. The summed E-state index contributed by atoms with van der Waals surface area (Å²) in [6, 6.07) is 2.03. The van der Waals surface area contributed by atoms with Crippen molar-refractivity contribution in [3.8, 4) is 0 Å². The van der Waals surface area contributed by atoms with E-state index < -0.39 is 0 Å². The number of anilines is 1. The fraction of sp³-hybridized carbons (Fsp3) is 0.360. The zero-order valence-electron chi connectivity index (χ0n) is 16.9. The van der Waals surface area contributed by atoms with Gasteiger partial charge in [0.05, 0.1) is 11.9 Å². The first-order chi connectivity index (χ1) is 14.3. The Morgan fingerprint density at radius 1 is 0.966 bits per heavy atom. The standard InChI is InChI=1S/C25H29N3O/c29-25(20-14-10-4-1-2-5-11-15-20)28-22-18-27-24-21(16-17-26-24)23(22)19-12-8-6-3-7-9-13-19/h3,6-9,12-13,16-18,20H,1-2,4-5,10-11,14-15H2,(H,26,27)(H,28,29)/b6-3-,7-3?,8-6?,9-7-,12-8-,13-9?,19-12?,19-13+. The minimum atomic E-state index is 0.0903. The average molecular weight is 388 g/mol. The molecule has 2 heterocycles. The predicted molar refractivity (Wildman–Crippen MR) is 121 cm³/mol. The smallest absolute Gasteiger partial charge is 0.227 e. The number of carbonyl (C=O) groups excluding carboxylic acids is 1. The van der Waals surface area contributed by atoms with Crippen LogP contribution in [0, 0.1) is 5.92 Å². The number of hydrogen-bond acceptors (Lipinski definition) is 2. The van der Waals surface area contributed by atoms with Gasteiger partial charge in [0, 0.05) is 23.1 Å². The SMILES string of the molecule is O=C(Nc1cnc2[nH]ccc2c1C1=C/C=C\C=C/C=C\1)C1CCCCCCCC1. The van der Waals surface area contributed by atoms with Crippen molar-refractivity contribution < 1.29 is 4.79 Å². The van der Waals surface area contributed by atoms with Crippen LogP contribution in [0.25, 0.3) is 16.6 Å². The average Bonchev–Trinajstić information content (AvgIpc) is 3.21. The largest absolute Gasteiger partial charge is 0.346 e. The van der Waals surface area contributed by atoms with Gasteiger partial charge in [0.1, 0.15) is 5.65 Å². The van der Waals surface area contributed by atoms with E-state index in [0.29, 0.717) is 0 Å². The van der Waals surface area contributed by atoms with Gasteiger partial charge in [-0.25, -0.2) is 4.98 Å². The minimum Gasteiger partial charge on any atom is -0.346 e. The zero-order chi connectivity index (χ0) is 19.9. The highest BCUT2D eigenvalue weighted by Crippen LogP contribution is 2.33. The normalized spacial score (nSPS) is 23.5.